The van der Waals surface area contributed by atoms with Crippen LogP contribution in [-0.2, 0) is 10.0 Å². The van der Waals surface area contributed by atoms with E-state index in [2.05, 4.69) is 0 Å². The molecule has 0 aliphatic carbocycles. The second-order valence-corrected chi connectivity index (χ2v) is 6.62. The molecule has 1 aromatic rings. The Balaban J connectivity index is 0.00000242. The van der Waals surface area contributed by atoms with Gasteiger partial charge in [0.1, 0.15) is 5.75 Å². The van der Waals surface area contributed by atoms with E-state index in [0.29, 0.717) is 18.8 Å². The van der Waals surface area contributed by atoms with Gasteiger partial charge in [-0.05, 0) is 31.0 Å². The first-order valence-electron chi connectivity index (χ1n) is 6.58. The number of hydrogen-bond acceptors (Lipinski definition) is 5. The molecule has 1 unspecified atom stereocenters. The molecule has 1 saturated heterocycles. The highest BCUT2D eigenvalue weighted by atomic mass is 35.5. The van der Waals surface area contributed by atoms with Gasteiger partial charge in [0.15, 0.2) is 0 Å². The van der Waals surface area contributed by atoms with Gasteiger partial charge in [-0.25, -0.2) is 13.6 Å². The second-order valence-electron chi connectivity index (χ2n) is 5.06. The Labute approximate surface area is 136 Å². The van der Waals surface area contributed by atoms with Crippen LogP contribution in [0.15, 0.2) is 23.1 Å². The van der Waals surface area contributed by atoms with Crippen molar-refractivity contribution in [1.82, 2.24) is 4.90 Å². The zero-order chi connectivity index (χ0) is 15.6. The number of nitrogens with two attached hydrogens (primary N) is 2. The van der Waals surface area contributed by atoms with Gasteiger partial charge in [0.25, 0.3) is 5.91 Å². The van der Waals surface area contributed by atoms with Gasteiger partial charge in [-0.1, -0.05) is 0 Å². The molecule has 1 aliphatic rings. The molecule has 124 valence electrons. The first kappa shape index (κ1) is 18.7. The van der Waals surface area contributed by atoms with Crippen LogP contribution >= 0.6 is 12.4 Å². The van der Waals surface area contributed by atoms with Crippen LogP contribution < -0.4 is 15.6 Å². The summed E-state index contributed by atoms with van der Waals surface area (Å²) in [5.74, 6) is 0.0130. The number of halogens is 1. The van der Waals surface area contributed by atoms with Gasteiger partial charge in [-0.2, -0.15) is 0 Å². The summed E-state index contributed by atoms with van der Waals surface area (Å²) >= 11 is 0. The van der Waals surface area contributed by atoms with Gasteiger partial charge in [0.05, 0.1) is 17.6 Å². The maximum Gasteiger partial charge on any atom is 0.257 e. The number of piperidine rings is 1. The van der Waals surface area contributed by atoms with Crippen molar-refractivity contribution in [2.24, 2.45) is 10.9 Å². The number of amides is 1. The third-order valence-corrected chi connectivity index (χ3v) is 4.39. The Kier molecular flexibility index (Phi) is 6.18. The van der Waals surface area contributed by atoms with E-state index >= 15 is 0 Å². The average molecular weight is 350 g/mol. The fourth-order valence-electron chi connectivity index (χ4n) is 2.40. The monoisotopic (exact) mass is 349 g/mol. The van der Waals surface area contributed by atoms with Crippen molar-refractivity contribution >= 4 is 28.3 Å². The van der Waals surface area contributed by atoms with Crippen LogP contribution in [0.1, 0.15) is 23.2 Å². The van der Waals surface area contributed by atoms with Crippen molar-refractivity contribution in [3.63, 3.8) is 0 Å². The molecule has 2 rings (SSSR count). The molecule has 4 N–H and O–H groups in total. The van der Waals surface area contributed by atoms with Crippen molar-refractivity contribution in [2.75, 3.05) is 20.2 Å². The van der Waals surface area contributed by atoms with E-state index in [4.69, 9.17) is 15.6 Å². The van der Waals surface area contributed by atoms with Crippen molar-refractivity contribution in [2.45, 2.75) is 23.8 Å². The Bertz CT molecular complexity index is 651. The van der Waals surface area contributed by atoms with Crippen molar-refractivity contribution < 1.29 is 17.9 Å². The quantitative estimate of drug-likeness (QED) is 0.815. The van der Waals surface area contributed by atoms with Crippen molar-refractivity contribution in [3.05, 3.63) is 23.8 Å². The van der Waals surface area contributed by atoms with Crippen LogP contribution in [0.5, 0.6) is 5.75 Å². The van der Waals surface area contributed by atoms with E-state index in [0.717, 1.165) is 12.8 Å². The predicted molar refractivity (Wildman–Crippen MR) is 84.7 cm³/mol. The van der Waals surface area contributed by atoms with E-state index < -0.39 is 10.0 Å². The topological polar surface area (TPSA) is 116 Å². The van der Waals surface area contributed by atoms with Crippen LogP contribution in [0, 0.1) is 0 Å². The fraction of sp³-hybridized carbons (Fsp3) is 0.462. The van der Waals surface area contributed by atoms with E-state index in [9.17, 15) is 13.2 Å². The fourth-order valence-corrected chi connectivity index (χ4v) is 2.94. The Morgan fingerprint density at radius 2 is 2.09 bits per heavy atom. The maximum absolute atomic E-state index is 12.6. The standard InChI is InChI=1S/C13H19N3O4S.ClH/c1-20-12-5-4-10(21(15,18)19)7-11(12)13(17)16-6-2-3-9(14)8-16;/h4-5,7,9H,2-3,6,8,14H2,1H3,(H2,15,18,19);1H. The highest BCUT2D eigenvalue weighted by molar-refractivity contribution is 7.89. The van der Waals surface area contributed by atoms with Gasteiger partial charge >= 0.3 is 0 Å². The molecule has 1 amide bonds. The van der Waals surface area contributed by atoms with E-state index in [1.807, 2.05) is 0 Å². The minimum Gasteiger partial charge on any atom is -0.496 e. The van der Waals surface area contributed by atoms with E-state index in [1.165, 1.54) is 25.3 Å². The number of likely N-dealkylation sites (tertiary alicyclic amines) is 1. The summed E-state index contributed by atoms with van der Waals surface area (Å²) in [6.45, 7) is 1.04. The molecule has 0 radical (unpaired) electrons. The number of hydrogen-bond donors (Lipinski definition) is 2. The molecule has 9 heteroatoms. The summed E-state index contributed by atoms with van der Waals surface area (Å²) in [6, 6.07) is 3.93. The largest absolute Gasteiger partial charge is 0.496 e. The summed E-state index contributed by atoms with van der Waals surface area (Å²) in [5.41, 5.74) is 6.05. The molecule has 0 bridgehead atoms. The molecule has 1 atom stereocenters. The zero-order valence-corrected chi connectivity index (χ0v) is 13.8. The SMILES string of the molecule is COc1ccc(S(N)(=O)=O)cc1C(=O)N1CCCC(N)C1.Cl. The Morgan fingerprint density at radius 1 is 1.41 bits per heavy atom. The molecule has 7 nitrogen and oxygen atoms in total. The molecule has 1 aromatic carbocycles. The highest BCUT2D eigenvalue weighted by Gasteiger charge is 2.25. The Morgan fingerprint density at radius 3 is 2.64 bits per heavy atom. The molecule has 1 aliphatic heterocycles. The van der Waals surface area contributed by atoms with Crippen LogP contribution in [0.3, 0.4) is 0 Å². The number of primary sulfonamides is 1. The number of carbonyl (C=O) groups excluding carboxylic acids is 1. The summed E-state index contributed by atoms with van der Waals surface area (Å²) in [4.78, 5) is 14.1. The van der Waals surface area contributed by atoms with Gasteiger partial charge < -0.3 is 15.4 Å². The third-order valence-electron chi connectivity index (χ3n) is 3.47. The van der Waals surface area contributed by atoms with Crippen LogP contribution in [-0.4, -0.2) is 45.5 Å². The molecule has 0 spiro atoms. The number of sulfonamides is 1. The van der Waals surface area contributed by atoms with Gasteiger partial charge in [-0.15, -0.1) is 12.4 Å². The number of methoxy groups -OCH3 is 1. The summed E-state index contributed by atoms with van der Waals surface area (Å²) in [5, 5.41) is 5.10. The third kappa shape index (κ3) is 4.10. The summed E-state index contributed by atoms with van der Waals surface area (Å²) in [7, 11) is -2.45. The summed E-state index contributed by atoms with van der Waals surface area (Å²) in [6.07, 6.45) is 1.70. The first-order valence-corrected chi connectivity index (χ1v) is 8.13. The van der Waals surface area contributed by atoms with Crippen LogP contribution in [0.2, 0.25) is 0 Å². The summed E-state index contributed by atoms with van der Waals surface area (Å²) < 4.78 is 28.0. The van der Waals surface area contributed by atoms with Crippen LogP contribution in [0.4, 0.5) is 0 Å². The van der Waals surface area contributed by atoms with Gasteiger partial charge in [-0.3, -0.25) is 4.79 Å². The molecular weight excluding hydrogens is 330 g/mol. The molecule has 1 heterocycles. The predicted octanol–water partition coefficient (Wildman–Crippen LogP) is 0.328. The van der Waals surface area contributed by atoms with Gasteiger partial charge in [0, 0.05) is 19.1 Å². The lowest BCUT2D eigenvalue weighted by Crippen LogP contribution is -2.45. The highest BCUT2D eigenvalue weighted by Crippen LogP contribution is 2.24. The lowest BCUT2D eigenvalue weighted by atomic mass is 10.0. The molecule has 0 aromatic heterocycles. The molecule has 0 saturated carbocycles. The molecule has 1 fully saturated rings. The van der Waals surface area contributed by atoms with Crippen molar-refractivity contribution in [3.8, 4) is 5.75 Å². The van der Waals surface area contributed by atoms with E-state index in [-0.39, 0.29) is 34.8 Å². The zero-order valence-electron chi connectivity index (χ0n) is 12.2. The molecular formula is C13H20ClN3O4S. The van der Waals surface area contributed by atoms with Crippen molar-refractivity contribution in [1.29, 1.82) is 0 Å². The number of nitrogens with zero attached hydrogens (tertiary/aromatic N) is 1. The van der Waals surface area contributed by atoms with Gasteiger partial charge in [0.2, 0.25) is 10.0 Å². The van der Waals surface area contributed by atoms with Crippen LogP contribution in [0.25, 0.3) is 0 Å². The number of carbonyl (C=O) groups is 1. The average Bonchev–Trinajstić information content (AvgIpc) is 2.44. The number of ether oxygens (including phenoxy) is 1. The first-order chi connectivity index (χ1) is 9.82. The lowest BCUT2D eigenvalue weighted by molar-refractivity contribution is 0.0705. The molecule has 22 heavy (non-hydrogen) atoms. The van der Waals surface area contributed by atoms with E-state index in [1.54, 1.807) is 4.90 Å². The minimum absolute atomic E-state index is 0. The normalized spacial score (nSPS) is 18.5. The maximum atomic E-state index is 12.6. The minimum atomic E-state index is -3.88. The number of benzene rings is 1. The second kappa shape index (κ2) is 7.28. The number of rotatable bonds is 3. The smallest absolute Gasteiger partial charge is 0.257 e. The Hall–Kier alpha value is -1.35. The lowest BCUT2D eigenvalue weighted by Gasteiger charge is -2.31.